The summed E-state index contributed by atoms with van der Waals surface area (Å²) in [7, 11) is 0. The topological polar surface area (TPSA) is 72.6 Å². The summed E-state index contributed by atoms with van der Waals surface area (Å²) in [6.07, 6.45) is 0. The molecule has 4 nitrogen and oxygen atoms in total. The van der Waals surface area contributed by atoms with E-state index in [1.165, 1.54) is 18.2 Å². The minimum Gasteiger partial charge on any atom is -0.399 e. The molecule has 3 N–H and O–H groups in total. The fourth-order valence-electron chi connectivity index (χ4n) is 0.746. The second kappa shape index (κ2) is 3.42. The van der Waals surface area contributed by atoms with E-state index >= 15 is 0 Å². The summed E-state index contributed by atoms with van der Waals surface area (Å²) < 4.78 is 0. The van der Waals surface area contributed by atoms with Crippen molar-refractivity contribution in [2.45, 2.75) is 0 Å². The molecule has 0 amide bonds. The zero-order valence-corrected chi connectivity index (χ0v) is 6.71. The van der Waals surface area contributed by atoms with E-state index in [0.717, 1.165) is 0 Å². The van der Waals surface area contributed by atoms with Crippen LogP contribution < -0.4 is 5.73 Å². The molecule has 0 radical (unpaired) electrons. The highest BCUT2D eigenvalue weighted by molar-refractivity contribution is 6.33. The lowest BCUT2D eigenvalue weighted by Crippen LogP contribution is -2.02. The maximum absolute atomic E-state index is 10.7. The number of anilines is 1. The average molecular weight is 188 g/mol. The summed E-state index contributed by atoms with van der Waals surface area (Å²) >= 11 is 5.61. The van der Waals surface area contributed by atoms with Crippen LogP contribution in [0.15, 0.2) is 18.2 Å². The second-order valence-electron chi connectivity index (χ2n) is 2.12. The Morgan fingerprint density at radius 3 is 2.75 bits per heavy atom. The van der Waals surface area contributed by atoms with E-state index in [-0.39, 0.29) is 10.6 Å². The minimum absolute atomic E-state index is 0.0772. The number of carbonyl (C=O) groups excluding carboxylic acids is 1. The van der Waals surface area contributed by atoms with Crippen LogP contribution in [0.2, 0.25) is 5.02 Å². The van der Waals surface area contributed by atoms with E-state index in [9.17, 15) is 4.79 Å². The van der Waals surface area contributed by atoms with Crippen LogP contribution in [-0.4, -0.2) is 11.2 Å². The fourth-order valence-corrected chi connectivity index (χ4v) is 1.01. The van der Waals surface area contributed by atoms with Crippen LogP contribution in [0.25, 0.3) is 0 Å². The van der Waals surface area contributed by atoms with Crippen LogP contribution in [0.3, 0.4) is 0 Å². The van der Waals surface area contributed by atoms with Crippen LogP contribution in [0.5, 0.6) is 0 Å². The number of halogens is 1. The molecule has 0 aliphatic heterocycles. The van der Waals surface area contributed by atoms with E-state index < -0.39 is 5.97 Å². The van der Waals surface area contributed by atoms with Crippen molar-refractivity contribution < 1.29 is 14.9 Å². The first-order chi connectivity index (χ1) is 5.65. The molecule has 0 bridgehead atoms. The van der Waals surface area contributed by atoms with E-state index in [0.29, 0.717) is 5.69 Å². The molecule has 12 heavy (non-hydrogen) atoms. The van der Waals surface area contributed by atoms with Gasteiger partial charge in [0.2, 0.25) is 0 Å². The maximum atomic E-state index is 10.7. The van der Waals surface area contributed by atoms with E-state index in [1.807, 2.05) is 0 Å². The number of nitrogen functional groups attached to an aromatic ring is 1. The van der Waals surface area contributed by atoms with Crippen LogP contribution in [-0.2, 0) is 4.89 Å². The Morgan fingerprint density at radius 2 is 2.25 bits per heavy atom. The van der Waals surface area contributed by atoms with E-state index in [2.05, 4.69) is 4.89 Å². The fraction of sp³-hybridized carbons (Fsp3) is 0. The van der Waals surface area contributed by atoms with Gasteiger partial charge < -0.3 is 5.73 Å². The van der Waals surface area contributed by atoms with Gasteiger partial charge in [-0.2, -0.15) is 5.26 Å². The molecule has 64 valence electrons. The van der Waals surface area contributed by atoms with Crippen molar-refractivity contribution in [3.8, 4) is 0 Å². The summed E-state index contributed by atoms with van der Waals surface area (Å²) in [4.78, 5) is 14.2. The average Bonchev–Trinajstić information content (AvgIpc) is 2.03. The molecular formula is C7H6ClNO3. The zero-order valence-electron chi connectivity index (χ0n) is 5.95. The van der Waals surface area contributed by atoms with Gasteiger partial charge in [-0.25, -0.2) is 4.79 Å². The van der Waals surface area contributed by atoms with Gasteiger partial charge in [-0.1, -0.05) is 11.6 Å². The molecule has 0 saturated carbocycles. The monoisotopic (exact) mass is 187 g/mol. The summed E-state index contributed by atoms with van der Waals surface area (Å²) in [5.74, 6) is -0.903. The summed E-state index contributed by atoms with van der Waals surface area (Å²) in [5.41, 5.74) is 5.89. The molecule has 0 aromatic heterocycles. The van der Waals surface area contributed by atoms with E-state index in [4.69, 9.17) is 22.6 Å². The molecule has 0 spiro atoms. The number of hydrogen-bond acceptors (Lipinski definition) is 4. The van der Waals surface area contributed by atoms with E-state index in [1.54, 1.807) is 0 Å². The Hall–Kier alpha value is -1.26. The molecule has 1 aromatic rings. The lowest BCUT2D eigenvalue weighted by Gasteiger charge is -2.00. The third-order valence-corrected chi connectivity index (χ3v) is 1.61. The highest BCUT2D eigenvalue weighted by atomic mass is 35.5. The second-order valence-corrected chi connectivity index (χ2v) is 2.53. The number of carbonyl (C=O) groups is 1. The quantitative estimate of drug-likeness (QED) is 0.398. The molecule has 0 unspecified atom stereocenters. The predicted octanol–water partition coefficient (Wildman–Crippen LogP) is 1.55. The molecule has 1 aromatic carbocycles. The van der Waals surface area contributed by atoms with Crippen molar-refractivity contribution in [3.63, 3.8) is 0 Å². The third kappa shape index (κ3) is 1.66. The van der Waals surface area contributed by atoms with Gasteiger partial charge in [0.1, 0.15) is 0 Å². The highest BCUT2D eigenvalue weighted by Crippen LogP contribution is 2.19. The summed E-state index contributed by atoms with van der Waals surface area (Å²) in [6, 6.07) is 4.25. The van der Waals surface area contributed by atoms with Gasteiger partial charge in [0.25, 0.3) is 0 Å². The van der Waals surface area contributed by atoms with Crippen LogP contribution in [0, 0.1) is 0 Å². The van der Waals surface area contributed by atoms with Crippen LogP contribution in [0.4, 0.5) is 5.69 Å². The van der Waals surface area contributed by atoms with Gasteiger partial charge in [-0.15, -0.1) is 0 Å². The van der Waals surface area contributed by atoms with Gasteiger partial charge in [0, 0.05) is 5.69 Å². The smallest absolute Gasteiger partial charge is 0.374 e. The van der Waals surface area contributed by atoms with Crippen molar-refractivity contribution in [2.75, 3.05) is 5.73 Å². The van der Waals surface area contributed by atoms with Crippen molar-refractivity contribution in [3.05, 3.63) is 28.8 Å². The van der Waals surface area contributed by atoms with Gasteiger partial charge in [-0.05, 0) is 18.2 Å². The Bertz CT molecular complexity index is 314. The highest BCUT2D eigenvalue weighted by Gasteiger charge is 2.10. The SMILES string of the molecule is Nc1ccc(C(=O)OO)c(Cl)c1. The Balaban J connectivity index is 3.09. The largest absolute Gasteiger partial charge is 0.399 e. The van der Waals surface area contributed by atoms with Crippen LogP contribution in [0.1, 0.15) is 10.4 Å². The molecule has 0 aliphatic carbocycles. The first-order valence-electron chi connectivity index (χ1n) is 3.06. The molecule has 0 atom stereocenters. The first-order valence-corrected chi connectivity index (χ1v) is 3.43. The maximum Gasteiger partial charge on any atom is 0.374 e. The lowest BCUT2D eigenvalue weighted by molar-refractivity contribution is -0.182. The summed E-state index contributed by atoms with van der Waals surface area (Å²) in [5, 5.41) is 8.19. The minimum atomic E-state index is -0.903. The number of nitrogens with two attached hydrogens (primary N) is 1. The summed E-state index contributed by atoms with van der Waals surface area (Å²) in [6.45, 7) is 0. The van der Waals surface area contributed by atoms with Gasteiger partial charge in [-0.3, -0.25) is 4.89 Å². The Labute approximate surface area is 73.4 Å². The predicted molar refractivity (Wildman–Crippen MR) is 43.9 cm³/mol. The van der Waals surface area contributed by atoms with Crippen molar-refractivity contribution >= 4 is 23.3 Å². The standard InChI is InChI=1S/C7H6ClNO3/c8-6-3-4(9)1-2-5(6)7(10)12-11/h1-3,11H,9H2. The molecule has 0 saturated heterocycles. The number of rotatable bonds is 1. The molecule has 5 heteroatoms. The molecule has 0 fully saturated rings. The molecule has 1 rings (SSSR count). The van der Waals surface area contributed by atoms with Gasteiger partial charge in [0.15, 0.2) is 0 Å². The molecule has 0 heterocycles. The first kappa shape index (κ1) is 8.83. The van der Waals surface area contributed by atoms with Crippen LogP contribution >= 0.6 is 11.6 Å². The zero-order chi connectivity index (χ0) is 9.14. The van der Waals surface area contributed by atoms with Crippen molar-refractivity contribution in [1.29, 1.82) is 0 Å². The van der Waals surface area contributed by atoms with Crippen molar-refractivity contribution in [2.24, 2.45) is 0 Å². The van der Waals surface area contributed by atoms with Gasteiger partial charge in [0.05, 0.1) is 10.6 Å². The Kier molecular flexibility index (Phi) is 2.52. The molecular weight excluding hydrogens is 182 g/mol. The van der Waals surface area contributed by atoms with Gasteiger partial charge >= 0.3 is 5.97 Å². The normalized spacial score (nSPS) is 9.50. The Morgan fingerprint density at radius 1 is 1.58 bits per heavy atom. The molecule has 0 aliphatic rings. The number of hydrogen-bond donors (Lipinski definition) is 2. The number of benzene rings is 1. The lowest BCUT2D eigenvalue weighted by atomic mass is 10.2. The van der Waals surface area contributed by atoms with Crippen molar-refractivity contribution in [1.82, 2.24) is 0 Å². The third-order valence-electron chi connectivity index (χ3n) is 1.30.